The Balaban J connectivity index is 1.57. The van der Waals surface area contributed by atoms with Gasteiger partial charge in [0.25, 0.3) is 5.91 Å². The van der Waals surface area contributed by atoms with Gasteiger partial charge in [0.1, 0.15) is 29.8 Å². The predicted octanol–water partition coefficient (Wildman–Crippen LogP) is 3.92. The molecule has 1 aliphatic heterocycles. The van der Waals surface area contributed by atoms with Gasteiger partial charge in [0.2, 0.25) is 11.8 Å². The molecule has 3 unspecified atom stereocenters. The Morgan fingerprint density at radius 2 is 1.74 bits per heavy atom. The molecule has 9 heteroatoms. The first kappa shape index (κ1) is 26.5. The molecule has 0 radical (unpaired) electrons. The monoisotopic (exact) mass is 530 g/mol. The summed E-state index contributed by atoms with van der Waals surface area (Å²) < 4.78 is 5.46. The summed E-state index contributed by atoms with van der Waals surface area (Å²) in [7, 11) is 0. The molecule has 2 aliphatic rings. The van der Waals surface area contributed by atoms with Gasteiger partial charge in [-0.3, -0.25) is 14.4 Å². The minimum atomic E-state index is -1.24. The number of hydrogen-bond donors (Lipinski definition) is 3. The van der Waals surface area contributed by atoms with Gasteiger partial charge in [-0.05, 0) is 47.9 Å². The number of hydrogen-bond acceptors (Lipinski definition) is 6. The molecule has 0 spiro atoms. The molecular formula is C30H34N4O5. The second-order valence-electron chi connectivity index (χ2n) is 10.4. The van der Waals surface area contributed by atoms with Gasteiger partial charge in [-0.1, -0.05) is 63.1 Å². The van der Waals surface area contributed by atoms with Crippen molar-refractivity contribution in [1.29, 1.82) is 0 Å². The van der Waals surface area contributed by atoms with Crippen molar-refractivity contribution >= 4 is 23.4 Å². The molecule has 5 rings (SSSR count). The van der Waals surface area contributed by atoms with E-state index in [1.165, 1.54) is 28.4 Å². The lowest BCUT2D eigenvalue weighted by atomic mass is 9.84. The normalized spacial score (nSPS) is 20.2. The Hall–Kier alpha value is -4.14. The number of rotatable bonds is 8. The smallest absolute Gasteiger partial charge is 0.253 e. The number of piperazine rings is 1. The van der Waals surface area contributed by atoms with Crippen molar-refractivity contribution in [3.63, 3.8) is 0 Å². The van der Waals surface area contributed by atoms with Crippen molar-refractivity contribution < 1.29 is 23.9 Å². The quantitative estimate of drug-likeness (QED) is 0.379. The van der Waals surface area contributed by atoms with Gasteiger partial charge in [0, 0.05) is 6.92 Å². The molecule has 0 bridgehead atoms. The zero-order chi connectivity index (χ0) is 27.7. The number of carbonyl (C=O) groups is 3. The second-order valence-corrected chi connectivity index (χ2v) is 10.4. The van der Waals surface area contributed by atoms with E-state index in [1.807, 2.05) is 26.0 Å². The van der Waals surface area contributed by atoms with E-state index in [9.17, 15) is 19.5 Å². The summed E-state index contributed by atoms with van der Waals surface area (Å²) in [6, 6.07) is 11.5. The minimum absolute atomic E-state index is 0.109. The van der Waals surface area contributed by atoms with Crippen LogP contribution in [0.5, 0.6) is 5.75 Å². The molecule has 1 aromatic heterocycles. The van der Waals surface area contributed by atoms with E-state index in [4.69, 9.17) is 4.42 Å². The Kier molecular flexibility index (Phi) is 7.41. The van der Waals surface area contributed by atoms with Crippen molar-refractivity contribution in [1.82, 2.24) is 15.2 Å². The van der Waals surface area contributed by atoms with E-state index in [1.54, 1.807) is 25.1 Å². The third-order valence-electron chi connectivity index (χ3n) is 8.04. The van der Waals surface area contributed by atoms with Gasteiger partial charge >= 0.3 is 0 Å². The average molecular weight is 531 g/mol. The molecule has 204 valence electrons. The third kappa shape index (κ3) is 5.01. The number of benzene rings is 2. The molecular weight excluding hydrogens is 496 g/mol. The molecule has 3 atom stereocenters. The van der Waals surface area contributed by atoms with Crippen LogP contribution in [0.3, 0.4) is 0 Å². The summed E-state index contributed by atoms with van der Waals surface area (Å²) in [5, 5.41) is 16.1. The number of nitrogens with zero attached hydrogens (tertiary/aromatic N) is 2. The summed E-state index contributed by atoms with van der Waals surface area (Å²) in [5.74, 6) is -1.26. The highest BCUT2D eigenvalue weighted by molar-refractivity contribution is 6.03. The fraction of sp³-hybridized carbons (Fsp3) is 0.400. The van der Waals surface area contributed by atoms with Crippen LogP contribution in [0.2, 0.25) is 0 Å². The Bertz CT molecular complexity index is 1360. The van der Waals surface area contributed by atoms with Crippen LogP contribution in [0.1, 0.15) is 55.4 Å². The maximum absolute atomic E-state index is 14.4. The second kappa shape index (κ2) is 10.9. The fourth-order valence-corrected chi connectivity index (χ4v) is 6.03. The first-order valence-corrected chi connectivity index (χ1v) is 13.5. The van der Waals surface area contributed by atoms with E-state index in [0.29, 0.717) is 31.6 Å². The van der Waals surface area contributed by atoms with E-state index in [-0.39, 0.29) is 40.8 Å². The maximum atomic E-state index is 14.4. The number of aryl methyl sites for hydroxylation is 1. The Morgan fingerprint density at radius 3 is 2.33 bits per heavy atom. The van der Waals surface area contributed by atoms with Crippen LogP contribution in [0.25, 0.3) is 0 Å². The van der Waals surface area contributed by atoms with Crippen molar-refractivity contribution in [2.45, 2.75) is 64.6 Å². The highest BCUT2D eigenvalue weighted by atomic mass is 16.3. The number of nitrogens with one attached hydrogen (secondary N) is 2. The molecule has 1 aliphatic carbocycles. The first-order valence-electron chi connectivity index (χ1n) is 13.5. The number of anilines is 1. The number of phenolic OH excluding ortho intramolecular Hbond substituents is 1. The molecule has 39 heavy (non-hydrogen) atoms. The fourth-order valence-electron chi connectivity index (χ4n) is 6.03. The largest absolute Gasteiger partial charge is 0.506 e. The van der Waals surface area contributed by atoms with E-state index < -0.39 is 24.0 Å². The standard InChI is InChI=1S/C30H34N4O5/c1-4-18(5-2)26-28(36)33-25(21-14-19-10-6-7-11-20(19)15-21)30(38)34(26)27(23-16-39-17(3)31-23)29(37)32-22-12-8-9-13-24(22)35/h6-13,16,18,21,25-27,35H,4-5,14-15H2,1-3H3,(H,32,37)(H,33,36). The van der Waals surface area contributed by atoms with Crippen LogP contribution in [0.4, 0.5) is 5.69 Å². The average Bonchev–Trinajstić information content (AvgIpc) is 3.55. The SMILES string of the molecule is CCC(CC)C1C(=O)NC(C2Cc3ccccc3C2)C(=O)N1C(C(=O)Nc1ccccc1O)c1coc(C)n1. The van der Waals surface area contributed by atoms with Crippen LogP contribution in [-0.2, 0) is 27.2 Å². The van der Waals surface area contributed by atoms with Crippen LogP contribution < -0.4 is 10.6 Å². The van der Waals surface area contributed by atoms with Gasteiger partial charge in [-0.15, -0.1) is 0 Å². The summed E-state index contributed by atoms with van der Waals surface area (Å²) in [5.41, 5.74) is 2.76. The molecule has 1 saturated heterocycles. The highest BCUT2D eigenvalue weighted by Gasteiger charge is 2.51. The molecule has 0 saturated carbocycles. The van der Waals surface area contributed by atoms with Crippen molar-refractivity contribution in [2.24, 2.45) is 11.8 Å². The zero-order valence-electron chi connectivity index (χ0n) is 22.4. The lowest BCUT2D eigenvalue weighted by molar-refractivity contribution is -0.159. The van der Waals surface area contributed by atoms with Crippen LogP contribution >= 0.6 is 0 Å². The van der Waals surface area contributed by atoms with Gasteiger partial charge in [-0.25, -0.2) is 4.98 Å². The third-order valence-corrected chi connectivity index (χ3v) is 8.04. The van der Waals surface area contributed by atoms with E-state index >= 15 is 0 Å². The van der Waals surface area contributed by atoms with Crippen LogP contribution in [-0.4, -0.2) is 44.8 Å². The zero-order valence-corrected chi connectivity index (χ0v) is 22.4. The first-order chi connectivity index (χ1) is 18.8. The Labute approximate surface area is 227 Å². The number of aromatic nitrogens is 1. The predicted molar refractivity (Wildman–Crippen MR) is 145 cm³/mol. The molecule has 2 aromatic carbocycles. The molecule has 1 fully saturated rings. The maximum Gasteiger partial charge on any atom is 0.253 e. The topological polar surface area (TPSA) is 125 Å². The lowest BCUT2D eigenvalue weighted by Gasteiger charge is -2.46. The minimum Gasteiger partial charge on any atom is -0.506 e. The molecule has 3 amide bonds. The lowest BCUT2D eigenvalue weighted by Crippen LogP contribution is -2.68. The number of phenols is 1. The number of aromatic hydroxyl groups is 1. The van der Waals surface area contributed by atoms with Crippen LogP contribution in [0, 0.1) is 18.8 Å². The van der Waals surface area contributed by atoms with E-state index in [0.717, 1.165) is 0 Å². The van der Waals surface area contributed by atoms with Gasteiger partial charge in [0.05, 0.1) is 5.69 Å². The molecule has 3 N–H and O–H groups in total. The summed E-state index contributed by atoms with van der Waals surface area (Å²) in [4.78, 5) is 48.0. The number of amides is 3. The summed E-state index contributed by atoms with van der Waals surface area (Å²) >= 11 is 0. The summed E-state index contributed by atoms with van der Waals surface area (Å²) in [6.07, 6.45) is 3.96. The van der Waals surface area contributed by atoms with Crippen molar-refractivity contribution in [3.05, 3.63) is 77.5 Å². The number of fused-ring (bicyclic) bond motifs is 1. The summed E-state index contributed by atoms with van der Waals surface area (Å²) in [6.45, 7) is 5.60. The van der Waals surface area contributed by atoms with Crippen LogP contribution in [0.15, 0.2) is 59.2 Å². The van der Waals surface area contributed by atoms with Gasteiger partial charge in [0.15, 0.2) is 11.9 Å². The van der Waals surface area contributed by atoms with Gasteiger partial charge in [-0.2, -0.15) is 0 Å². The Morgan fingerprint density at radius 1 is 1.10 bits per heavy atom. The number of carbonyl (C=O) groups excluding carboxylic acids is 3. The highest BCUT2D eigenvalue weighted by Crippen LogP contribution is 2.37. The van der Waals surface area contributed by atoms with Crippen molar-refractivity contribution in [2.75, 3.05) is 5.32 Å². The van der Waals surface area contributed by atoms with E-state index in [2.05, 4.69) is 27.8 Å². The number of para-hydroxylation sites is 2. The van der Waals surface area contributed by atoms with Gasteiger partial charge < -0.3 is 25.1 Å². The molecule has 2 heterocycles. The molecule has 9 nitrogen and oxygen atoms in total. The molecule has 3 aromatic rings. The number of oxazole rings is 1. The van der Waals surface area contributed by atoms with Crippen molar-refractivity contribution in [3.8, 4) is 5.75 Å².